The number of pyridine rings is 1. The fraction of sp³-hybridized carbons (Fsp3) is 0.222. The van der Waals surface area contributed by atoms with Crippen LogP contribution in [-0.2, 0) is 11.8 Å². The molecule has 15 heavy (non-hydrogen) atoms. The lowest BCUT2D eigenvalue weighted by atomic mass is 10.1. The van der Waals surface area contributed by atoms with E-state index in [1.807, 2.05) is 0 Å². The highest BCUT2D eigenvalue weighted by Gasteiger charge is 2.22. The maximum absolute atomic E-state index is 13.4. The van der Waals surface area contributed by atoms with Gasteiger partial charge in [0.15, 0.2) is 0 Å². The summed E-state index contributed by atoms with van der Waals surface area (Å²) in [6, 6.07) is 0. The smallest absolute Gasteiger partial charge is 0.343 e. The fourth-order valence-corrected chi connectivity index (χ4v) is 1.46. The second kappa shape index (κ2) is 3.30. The summed E-state index contributed by atoms with van der Waals surface area (Å²) >= 11 is 0. The number of nitrogens with zero attached hydrogens (tertiary/aromatic N) is 3. The summed E-state index contributed by atoms with van der Waals surface area (Å²) in [5.41, 5.74) is 0.971. The number of alkyl halides is 1. The van der Waals surface area contributed by atoms with Gasteiger partial charge in [-0.2, -0.15) is 0 Å². The zero-order chi connectivity index (χ0) is 11.0. The van der Waals surface area contributed by atoms with Gasteiger partial charge in [0.2, 0.25) is 6.17 Å². The van der Waals surface area contributed by atoms with Gasteiger partial charge in [0.1, 0.15) is 5.52 Å². The molecule has 0 aliphatic carbocycles. The van der Waals surface area contributed by atoms with Crippen molar-refractivity contribution in [2.45, 2.75) is 6.17 Å². The van der Waals surface area contributed by atoms with Gasteiger partial charge in [0.25, 0.3) is 0 Å². The Hall–Kier alpha value is -1.98. The van der Waals surface area contributed by atoms with Crippen molar-refractivity contribution in [3.8, 4) is 0 Å². The topological polar surface area (TPSA) is 68.0 Å². The van der Waals surface area contributed by atoms with Crippen LogP contribution < -0.4 is 0 Å². The molecular weight excluding hydrogens is 201 g/mol. The molecule has 1 atom stereocenters. The molecule has 78 valence electrons. The number of aromatic nitrogens is 3. The van der Waals surface area contributed by atoms with E-state index in [4.69, 9.17) is 5.11 Å². The predicted molar refractivity (Wildman–Crippen MR) is 50.0 cm³/mol. The number of carboxylic acid groups (broad SMARTS) is 1. The van der Waals surface area contributed by atoms with Crippen LogP contribution in [0.5, 0.6) is 0 Å². The molecule has 0 fully saturated rings. The third-order valence-electron chi connectivity index (χ3n) is 2.14. The molecule has 0 bridgehead atoms. The molecule has 0 saturated heterocycles. The first-order valence-electron chi connectivity index (χ1n) is 4.23. The number of fused-ring (bicyclic) bond motifs is 1. The Morgan fingerprint density at radius 1 is 1.60 bits per heavy atom. The van der Waals surface area contributed by atoms with Gasteiger partial charge in [-0.1, -0.05) is 0 Å². The zero-order valence-corrected chi connectivity index (χ0v) is 7.88. The van der Waals surface area contributed by atoms with E-state index in [1.54, 1.807) is 11.6 Å². The predicted octanol–water partition coefficient (Wildman–Crippen LogP) is 1.06. The first-order chi connectivity index (χ1) is 7.11. The van der Waals surface area contributed by atoms with Gasteiger partial charge in [-0.05, 0) is 0 Å². The van der Waals surface area contributed by atoms with Crippen LogP contribution in [0.3, 0.4) is 0 Å². The molecule has 0 saturated carbocycles. The van der Waals surface area contributed by atoms with E-state index >= 15 is 0 Å². The lowest BCUT2D eigenvalue weighted by Gasteiger charge is -2.05. The minimum Gasteiger partial charge on any atom is -0.479 e. The number of rotatable bonds is 2. The molecule has 6 heteroatoms. The van der Waals surface area contributed by atoms with Crippen LogP contribution in [0, 0.1) is 0 Å². The van der Waals surface area contributed by atoms with E-state index < -0.39 is 12.1 Å². The third-order valence-corrected chi connectivity index (χ3v) is 2.14. The summed E-state index contributed by atoms with van der Waals surface area (Å²) in [5.74, 6) is -1.52. The van der Waals surface area contributed by atoms with Crippen molar-refractivity contribution < 1.29 is 14.3 Å². The number of hydrogen-bond acceptors (Lipinski definition) is 3. The third kappa shape index (κ3) is 1.43. The number of imidazole rings is 1. The van der Waals surface area contributed by atoms with Gasteiger partial charge in [0.05, 0.1) is 18.0 Å². The number of halogens is 1. The largest absolute Gasteiger partial charge is 0.479 e. The molecule has 0 amide bonds. The van der Waals surface area contributed by atoms with Crippen LogP contribution in [0.1, 0.15) is 11.7 Å². The molecular formula is C9H8FN3O2. The Labute approximate surface area is 84.2 Å². The average Bonchev–Trinajstić information content (AvgIpc) is 2.59. The van der Waals surface area contributed by atoms with Crippen molar-refractivity contribution >= 4 is 17.0 Å². The molecule has 0 aliphatic rings. The van der Waals surface area contributed by atoms with Crippen molar-refractivity contribution in [1.29, 1.82) is 0 Å². The average molecular weight is 209 g/mol. The lowest BCUT2D eigenvalue weighted by Crippen LogP contribution is -2.08. The summed E-state index contributed by atoms with van der Waals surface area (Å²) in [5, 5.41) is 8.59. The van der Waals surface area contributed by atoms with E-state index in [0.29, 0.717) is 11.0 Å². The van der Waals surface area contributed by atoms with Crippen LogP contribution in [0.4, 0.5) is 4.39 Å². The Bertz CT molecular complexity index is 523. The van der Waals surface area contributed by atoms with E-state index in [2.05, 4.69) is 9.97 Å². The summed E-state index contributed by atoms with van der Waals surface area (Å²) < 4.78 is 14.9. The van der Waals surface area contributed by atoms with E-state index in [-0.39, 0.29) is 5.56 Å². The van der Waals surface area contributed by atoms with Crippen molar-refractivity contribution in [3.05, 3.63) is 24.3 Å². The van der Waals surface area contributed by atoms with Crippen LogP contribution in [-0.4, -0.2) is 25.6 Å². The number of hydrogen-bond donors (Lipinski definition) is 1. The summed E-state index contributed by atoms with van der Waals surface area (Å²) in [7, 11) is 1.67. The Kier molecular flexibility index (Phi) is 2.11. The molecule has 2 heterocycles. The maximum atomic E-state index is 13.4. The van der Waals surface area contributed by atoms with Crippen LogP contribution in [0.2, 0.25) is 0 Å². The second-order valence-corrected chi connectivity index (χ2v) is 3.15. The number of aryl methyl sites for hydroxylation is 1. The van der Waals surface area contributed by atoms with Gasteiger partial charge in [-0.3, -0.25) is 4.98 Å². The SMILES string of the molecule is Cn1cnc2cncc(C(F)C(=O)O)c21. The van der Waals surface area contributed by atoms with Crippen LogP contribution >= 0.6 is 0 Å². The standard InChI is InChI=1S/C9H8FN3O2/c1-13-4-12-6-3-11-2-5(8(6)13)7(10)9(14)15/h2-4,7H,1H3,(H,14,15). The molecule has 2 aromatic heterocycles. The highest BCUT2D eigenvalue weighted by Crippen LogP contribution is 2.24. The minimum atomic E-state index is -2.07. The maximum Gasteiger partial charge on any atom is 0.343 e. The monoisotopic (exact) mass is 209 g/mol. The van der Waals surface area contributed by atoms with Gasteiger partial charge in [-0.25, -0.2) is 14.2 Å². The number of aliphatic carboxylic acids is 1. The summed E-state index contributed by atoms with van der Waals surface area (Å²) in [6.45, 7) is 0. The molecule has 0 radical (unpaired) electrons. The Morgan fingerprint density at radius 3 is 3.00 bits per heavy atom. The van der Waals surface area contributed by atoms with Gasteiger partial charge >= 0.3 is 5.97 Å². The highest BCUT2D eigenvalue weighted by molar-refractivity contribution is 5.84. The molecule has 5 nitrogen and oxygen atoms in total. The van der Waals surface area contributed by atoms with Crippen LogP contribution in [0.15, 0.2) is 18.7 Å². The highest BCUT2D eigenvalue weighted by atomic mass is 19.1. The molecule has 0 aliphatic heterocycles. The van der Waals surface area contributed by atoms with Gasteiger partial charge < -0.3 is 9.67 Å². The fourth-order valence-electron chi connectivity index (χ4n) is 1.46. The Morgan fingerprint density at radius 2 is 2.33 bits per heavy atom. The summed E-state index contributed by atoms with van der Waals surface area (Å²) in [4.78, 5) is 18.3. The number of carbonyl (C=O) groups is 1. The summed E-state index contributed by atoms with van der Waals surface area (Å²) in [6.07, 6.45) is 2.09. The number of carboxylic acids is 1. The second-order valence-electron chi connectivity index (χ2n) is 3.15. The molecule has 0 spiro atoms. The quantitative estimate of drug-likeness (QED) is 0.803. The van der Waals surface area contributed by atoms with Gasteiger partial charge in [-0.15, -0.1) is 0 Å². The zero-order valence-electron chi connectivity index (χ0n) is 7.88. The van der Waals surface area contributed by atoms with E-state index in [9.17, 15) is 9.18 Å². The molecule has 1 N–H and O–H groups in total. The van der Waals surface area contributed by atoms with E-state index in [0.717, 1.165) is 0 Å². The van der Waals surface area contributed by atoms with E-state index in [1.165, 1.54) is 18.7 Å². The first kappa shape index (κ1) is 9.57. The Balaban J connectivity index is 2.69. The van der Waals surface area contributed by atoms with Crippen molar-refractivity contribution in [1.82, 2.24) is 14.5 Å². The van der Waals surface area contributed by atoms with Gasteiger partial charge in [0, 0.05) is 18.8 Å². The minimum absolute atomic E-state index is 0.0278. The van der Waals surface area contributed by atoms with Crippen molar-refractivity contribution in [2.75, 3.05) is 0 Å². The first-order valence-corrected chi connectivity index (χ1v) is 4.23. The molecule has 0 aromatic carbocycles. The van der Waals surface area contributed by atoms with Crippen molar-refractivity contribution in [3.63, 3.8) is 0 Å². The molecule has 1 unspecified atom stereocenters. The van der Waals surface area contributed by atoms with Crippen LogP contribution in [0.25, 0.3) is 11.0 Å². The molecule has 2 aromatic rings. The normalized spacial score (nSPS) is 12.9. The molecule has 2 rings (SSSR count). The lowest BCUT2D eigenvalue weighted by molar-refractivity contribution is -0.143. The van der Waals surface area contributed by atoms with Crippen molar-refractivity contribution in [2.24, 2.45) is 7.05 Å².